The molecule has 0 atom stereocenters. The summed E-state index contributed by atoms with van der Waals surface area (Å²) in [6.07, 6.45) is 0. The van der Waals surface area contributed by atoms with Gasteiger partial charge >= 0.3 is 0 Å². The first kappa shape index (κ1) is 14.7. The average Bonchev–Trinajstić information content (AvgIpc) is 2.49. The van der Waals surface area contributed by atoms with Gasteiger partial charge in [-0.3, -0.25) is 0 Å². The average molecular weight is 291 g/mol. The van der Waals surface area contributed by atoms with Crippen LogP contribution < -0.4 is 0 Å². The Morgan fingerprint density at radius 2 is 1.45 bits per heavy atom. The largest absolute Gasteiger partial charge is 0.395 e. The Kier molecular flexibility index (Phi) is 4.89. The van der Waals surface area contributed by atoms with Gasteiger partial charge in [0.2, 0.25) is 10.0 Å². The minimum absolute atomic E-state index is 0.0755. The van der Waals surface area contributed by atoms with Crippen molar-refractivity contribution in [2.75, 3.05) is 13.2 Å². The molecule has 2 rings (SSSR count). The van der Waals surface area contributed by atoms with Gasteiger partial charge < -0.3 is 5.11 Å². The van der Waals surface area contributed by atoms with E-state index < -0.39 is 10.0 Å². The number of hydrogen-bond donors (Lipinski definition) is 1. The van der Waals surface area contributed by atoms with Crippen molar-refractivity contribution in [1.82, 2.24) is 4.31 Å². The molecule has 20 heavy (non-hydrogen) atoms. The molecule has 0 spiro atoms. The van der Waals surface area contributed by atoms with Crippen molar-refractivity contribution in [2.45, 2.75) is 11.4 Å². The summed E-state index contributed by atoms with van der Waals surface area (Å²) in [4.78, 5) is 0.240. The molecule has 0 saturated carbocycles. The quantitative estimate of drug-likeness (QED) is 0.884. The molecular weight excluding hydrogens is 274 g/mol. The molecule has 0 aromatic heterocycles. The molecule has 0 radical (unpaired) electrons. The van der Waals surface area contributed by atoms with Crippen LogP contribution in [0, 0.1) is 0 Å². The second kappa shape index (κ2) is 6.65. The first-order valence-electron chi connectivity index (χ1n) is 6.34. The summed E-state index contributed by atoms with van der Waals surface area (Å²) in [5, 5.41) is 9.12. The van der Waals surface area contributed by atoms with E-state index in [0.29, 0.717) is 0 Å². The van der Waals surface area contributed by atoms with Crippen LogP contribution in [0.5, 0.6) is 0 Å². The molecule has 0 aliphatic carbocycles. The summed E-state index contributed by atoms with van der Waals surface area (Å²) < 4.78 is 26.4. The van der Waals surface area contributed by atoms with Gasteiger partial charge in [0.05, 0.1) is 11.5 Å². The number of sulfonamides is 1. The molecule has 0 aliphatic rings. The van der Waals surface area contributed by atoms with Crippen LogP contribution in [0.15, 0.2) is 65.6 Å². The van der Waals surface area contributed by atoms with E-state index in [1.54, 1.807) is 30.3 Å². The maximum absolute atomic E-state index is 12.5. The van der Waals surface area contributed by atoms with Crippen LogP contribution in [0.1, 0.15) is 5.56 Å². The van der Waals surface area contributed by atoms with Gasteiger partial charge in [-0.2, -0.15) is 4.31 Å². The van der Waals surface area contributed by atoms with Crippen molar-refractivity contribution in [3.8, 4) is 0 Å². The Morgan fingerprint density at radius 3 is 2.00 bits per heavy atom. The summed E-state index contributed by atoms with van der Waals surface area (Å²) in [6.45, 7) is 0.115. The second-order valence-corrected chi connectivity index (χ2v) is 6.30. The lowest BCUT2D eigenvalue weighted by molar-refractivity contribution is 0.251. The summed E-state index contributed by atoms with van der Waals surface area (Å²) in [5.41, 5.74) is 0.889. The molecule has 2 aromatic rings. The van der Waals surface area contributed by atoms with Gasteiger partial charge in [-0.05, 0) is 17.7 Å². The summed E-state index contributed by atoms with van der Waals surface area (Å²) in [5.74, 6) is 0. The summed E-state index contributed by atoms with van der Waals surface area (Å²) in [7, 11) is -3.59. The van der Waals surface area contributed by atoms with E-state index in [2.05, 4.69) is 0 Å². The third-order valence-corrected chi connectivity index (χ3v) is 4.79. The fraction of sp³-hybridized carbons (Fsp3) is 0.200. The zero-order chi connectivity index (χ0) is 14.4. The Balaban J connectivity index is 2.29. The molecule has 0 amide bonds. The number of aliphatic hydroxyl groups excluding tert-OH is 1. The Hall–Kier alpha value is -1.69. The molecule has 2 aromatic carbocycles. The van der Waals surface area contributed by atoms with E-state index in [0.717, 1.165) is 5.56 Å². The molecule has 5 heteroatoms. The molecule has 1 N–H and O–H groups in total. The lowest BCUT2D eigenvalue weighted by atomic mass is 10.2. The molecule has 106 valence electrons. The number of aliphatic hydroxyl groups is 1. The third kappa shape index (κ3) is 3.45. The minimum atomic E-state index is -3.59. The molecule has 0 bridgehead atoms. The van der Waals surface area contributed by atoms with E-state index in [4.69, 9.17) is 5.11 Å². The fourth-order valence-corrected chi connectivity index (χ4v) is 3.36. The topological polar surface area (TPSA) is 57.6 Å². The predicted molar refractivity (Wildman–Crippen MR) is 77.6 cm³/mol. The third-order valence-electron chi connectivity index (χ3n) is 2.93. The summed E-state index contributed by atoms with van der Waals surface area (Å²) in [6, 6.07) is 17.6. The first-order chi connectivity index (χ1) is 9.64. The normalized spacial score (nSPS) is 11.7. The van der Waals surface area contributed by atoms with E-state index >= 15 is 0 Å². The van der Waals surface area contributed by atoms with Gasteiger partial charge in [-0.1, -0.05) is 48.5 Å². The number of hydrogen-bond acceptors (Lipinski definition) is 3. The number of benzene rings is 2. The lowest BCUT2D eigenvalue weighted by Crippen LogP contribution is -2.33. The first-order valence-corrected chi connectivity index (χ1v) is 7.78. The molecular formula is C15H17NO3S. The molecule has 4 nitrogen and oxygen atoms in total. The monoisotopic (exact) mass is 291 g/mol. The number of nitrogens with zero attached hydrogens (tertiary/aromatic N) is 1. The maximum Gasteiger partial charge on any atom is 0.243 e. The Bertz CT molecular complexity index is 627. The lowest BCUT2D eigenvalue weighted by Gasteiger charge is -2.21. The van der Waals surface area contributed by atoms with E-state index in [9.17, 15) is 8.42 Å². The van der Waals surface area contributed by atoms with Gasteiger partial charge in [0, 0.05) is 13.1 Å². The van der Waals surface area contributed by atoms with Crippen LogP contribution in [0.25, 0.3) is 0 Å². The van der Waals surface area contributed by atoms with Crippen LogP contribution >= 0.6 is 0 Å². The SMILES string of the molecule is O=S(=O)(c1ccccc1)N(CCO)Cc1ccccc1. The van der Waals surface area contributed by atoms with Crippen LogP contribution in [0.3, 0.4) is 0 Å². The summed E-state index contributed by atoms with van der Waals surface area (Å²) >= 11 is 0. The van der Waals surface area contributed by atoms with Crippen LogP contribution in [0.2, 0.25) is 0 Å². The molecule has 0 heterocycles. The molecule has 0 unspecified atom stereocenters. The highest BCUT2D eigenvalue weighted by Crippen LogP contribution is 2.17. The fourth-order valence-electron chi connectivity index (χ4n) is 1.92. The smallest absolute Gasteiger partial charge is 0.243 e. The van der Waals surface area contributed by atoms with Crippen molar-refractivity contribution < 1.29 is 13.5 Å². The van der Waals surface area contributed by atoms with Gasteiger partial charge in [0.25, 0.3) is 0 Å². The van der Waals surface area contributed by atoms with Crippen molar-refractivity contribution in [2.24, 2.45) is 0 Å². The van der Waals surface area contributed by atoms with Crippen molar-refractivity contribution in [3.05, 3.63) is 66.2 Å². The van der Waals surface area contributed by atoms with Crippen LogP contribution in [-0.4, -0.2) is 31.0 Å². The zero-order valence-electron chi connectivity index (χ0n) is 11.0. The van der Waals surface area contributed by atoms with Gasteiger partial charge in [-0.15, -0.1) is 0 Å². The van der Waals surface area contributed by atoms with Gasteiger partial charge in [0.15, 0.2) is 0 Å². The standard InChI is InChI=1S/C15H17NO3S/c17-12-11-16(13-14-7-3-1-4-8-14)20(18,19)15-9-5-2-6-10-15/h1-10,17H,11-13H2. The molecule has 0 fully saturated rings. The second-order valence-electron chi connectivity index (χ2n) is 4.36. The number of rotatable bonds is 6. The highest BCUT2D eigenvalue weighted by atomic mass is 32.2. The predicted octanol–water partition coefficient (Wildman–Crippen LogP) is 1.87. The van der Waals surface area contributed by atoms with Crippen molar-refractivity contribution in [3.63, 3.8) is 0 Å². The highest BCUT2D eigenvalue weighted by molar-refractivity contribution is 7.89. The maximum atomic E-state index is 12.5. The Labute approximate surface area is 119 Å². The molecule has 0 aliphatic heterocycles. The van der Waals surface area contributed by atoms with Crippen LogP contribution in [-0.2, 0) is 16.6 Å². The van der Waals surface area contributed by atoms with E-state index in [1.165, 1.54) is 4.31 Å². The van der Waals surface area contributed by atoms with Crippen LogP contribution in [0.4, 0.5) is 0 Å². The molecule has 0 saturated heterocycles. The zero-order valence-corrected chi connectivity index (χ0v) is 11.8. The van der Waals surface area contributed by atoms with Crippen molar-refractivity contribution in [1.29, 1.82) is 0 Å². The minimum Gasteiger partial charge on any atom is -0.395 e. The highest BCUT2D eigenvalue weighted by Gasteiger charge is 2.23. The van der Waals surface area contributed by atoms with E-state index in [-0.39, 0.29) is 24.6 Å². The Morgan fingerprint density at radius 1 is 0.900 bits per heavy atom. The van der Waals surface area contributed by atoms with Gasteiger partial charge in [-0.25, -0.2) is 8.42 Å². The van der Waals surface area contributed by atoms with Crippen molar-refractivity contribution >= 4 is 10.0 Å². The van der Waals surface area contributed by atoms with Gasteiger partial charge in [0.1, 0.15) is 0 Å². The van der Waals surface area contributed by atoms with E-state index in [1.807, 2.05) is 30.3 Å².